The maximum atomic E-state index is 13.4. The summed E-state index contributed by atoms with van der Waals surface area (Å²) in [6.45, 7) is 1.12. The molecular weight excluding hydrogens is 426 g/mol. The highest BCUT2D eigenvalue weighted by Crippen LogP contribution is 2.23. The van der Waals surface area contributed by atoms with Gasteiger partial charge in [-0.1, -0.05) is 24.3 Å². The van der Waals surface area contributed by atoms with E-state index in [2.05, 4.69) is 14.2 Å². The standard InChI is InChI=1S/C21H23NO8S/c1-14-7-5-6-8-15(14)12-22(13-19(23)28-2)31(26,27)18-10-16(20(24)29-3)9-17(11-18)21(25)30-4/h5-11H,12-13H2,1-4H3. The molecule has 0 amide bonds. The molecule has 2 aromatic rings. The molecule has 9 nitrogen and oxygen atoms in total. The van der Waals surface area contributed by atoms with Gasteiger partial charge in [-0.25, -0.2) is 18.0 Å². The first-order chi connectivity index (χ1) is 14.6. The van der Waals surface area contributed by atoms with Gasteiger partial charge in [-0.15, -0.1) is 0 Å². The van der Waals surface area contributed by atoms with E-state index in [1.165, 1.54) is 6.07 Å². The van der Waals surface area contributed by atoms with E-state index < -0.39 is 34.5 Å². The molecular formula is C21H23NO8S. The van der Waals surface area contributed by atoms with E-state index >= 15 is 0 Å². The molecule has 2 rings (SSSR count). The van der Waals surface area contributed by atoms with Gasteiger partial charge in [0, 0.05) is 6.54 Å². The molecule has 2 aromatic carbocycles. The van der Waals surface area contributed by atoms with E-state index in [9.17, 15) is 22.8 Å². The van der Waals surface area contributed by atoms with E-state index in [1.807, 2.05) is 13.0 Å². The number of methoxy groups -OCH3 is 3. The molecule has 0 bridgehead atoms. The Bertz CT molecular complexity index is 1060. The van der Waals surface area contributed by atoms with Crippen molar-refractivity contribution in [3.63, 3.8) is 0 Å². The highest BCUT2D eigenvalue weighted by atomic mass is 32.2. The van der Waals surface area contributed by atoms with Crippen LogP contribution in [-0.4, -0.2) is 58.5 Å². The molecule has 31 heavy (non-hydrogen) atoms. The summed E-state index contributed by atoms with van der Waals surface area (Å²) in [4.78, 5) is 35.6. The van der Waals surface area contributed by atoms with Crippen molar-refractivity contribution in [2.75, 3.05) is 27.9 Å². The molecule has 0 saturated carbocycles. The van der Waals surface area contributed by atoms with Crippen molar-refractivity contribution >= 4 is 27.9 Å². The number of carbonyl (C=O) groups is 3. The van der Waals surface area contributed by atoms with Crippen molar-refractivity contribution in [2.45, 2.75) is 18.4 Å². The maximum Gasteiger partial charge on any atom is 0.337 e. The van der Waals surface area contributed by atoms with Crippen LogP contribution in [0.25, 0.3) is 0 Å². The molecule has 0 saturated heterocycles. The van der Waals surface area contributed by atoms with Crippen LogP contribution in [0.15, 0.2) is 47.4 Å². The van der Waals surface area contributed by atoms with Gasteiger partial charge in [0.25, 0.3) is 0 Å². The van der Waals surface area contributed by atoms with Crippen LogP contribution >= 0.6 is 0 Å². The van der Waals surface area contributed by atoms with Crippen molar-refractivity contribution in [3.05, 3.63) is 64.7 Å². The van der Waals surface area contributed by atoms with Crippen LogP contribution < -0.4 is 0 Å². The van der Waals surface area contributed by atoms with Gasteiger partial charge in [0.2, 0.25) is 10.0 Å². The minimum atomic E-state index is -4.33. The first-order valence-corrected chi connectivity index (χ1v) is 10.5. The van der Waals surface area contributed by atoms with Gasteiger partial charge in [-0.05, 0) is 36.2 Å². The summed E-state index contributed by atoms with van der Waals surface area (Å²) < 4.78 is 41.7. The fourth-order valence-corrected chi connectivity index (χ4v) is 4.21. The zero-order valence-corrected chi connectivity index (χ0v) is 18.4. The lowest BCUT2D eigenvalue weighted by Crippen LogP contribution is -2.36. The molecule has 0 aliphatic rings. The van der Waals surface area contributed by atoms with Crippen LogP contribution in [0.2, 0.25) is 0 Å². The van der Waals surface area contributed by atoms with Crippen molar-refractivity contribution in [2.24, 2.45) is 0 Å². The van der Waals surface area contributed by atoms with Gasteiger partial charge < -0.3 is 14.2 Å². The second-order valence-electron chi connectivity index (χ2n) is 6.50. The van der Waals surface area contributed by atoms with Gasteiger partial charge in [0.05, 0.1) is 37.4 Å². The third kappa shape index (κ3) is 5.68. The lowest BCUT2D eigenvalue weighted by molar-refractivity contribution is -0.140. The number of ether oxygens (including phenoxy) is 3. The van der Waals surface area contributed by atoms with Crippen LogP contribution in [0.5, 0.6) is 0 Å². The SMILES string of the molecule is COC(=O)CN(Cc1ccccc1C)S(=O)(=O)c1cc(C(=O)OC)cc(C(=O)OC)c1. The minimum absolute atomic E-state index is 0.125. The monoisotopic (exact) mass is 449 g/mol. The molecule has 0 heterocycles. The van der Waals surface area contributed by atoms with Crippen LogP contribution in [-0.2, 0) is 35.6 Å². The summed E-state index contributed by atoms with van der Waals surface area (Å²) in [7, 11) is -0.930. The summed E-state index contributed by atoms with van der Waals surface area (Å²) in [5.41, 5.74) is 1.19. The zero-order valence-electron chi connectivity index (χ0n) is 17.6. The Hall–Kier alpha value is -3.24. The normalized spacial score (nSPS) is 11.1. The molecule has 0 radical (unpaired) electrons. The Labute approximate surface area is 180 Å². The van der Waals surface area contributed by atoms with Gasteiger partial charge in [-0.2, -0.15) is 4.31 Å². The fourth-order valence-electron chi connectivity index (χ4n) is 2.78. The number of nitrogens with zero attached hydrogens (tertiary/aromatic N) is 1. The molecule has 0 atom stereocenters. The Morgan fingerprint density at radius 3 is 1.90 bits per heavy atom. The summed E-state index contributed by atoms with van der Waals surface area (Å²) in [5, 5.41) is 0. The number of sulfonamides is 1. The molecule has 0 aliphatic carbocycles. The Morgan fingerprint density at radius 1 is 0.871 bits per heavy atom. The topological polar surface area (TPSA) is 116 Å². The quantitative estimate of drug-likeness (QED) is 0.443. The number of benzene rings is 2. The van der Waals surface area contributed by atoms with Crippen LogP contribution in [0.3, 0.4) is 0 Å². The highest BCUT2D eigenvalue weighted by molar-refractivity contribution is 7.89. The number of rotatable bonds is 8. The maximum absolute atomic E-state index is 13.4. The first kappa shape index (κ1) is 24.0. The molecule has 0 N–H and O–H groups in total. The van der Waals surface area contributed by atoms with Crippen molar-refractivity contribution in [3.8, 4) is 0 Å². The summed E-state index contributed by atoms with van der Waals surface area (Å²) >= 11 is 0. The lowest BCUT2D eigenvalue weighted by Gasteiger charge is -2.22. The largest absolute Gasteiger partial charge is 0.468 e. The average molecular weight is 449 g/mol. The molecule has 0 spiro atoms. The van der Waals surface area contributed by atoms with Crippen LogP contribution in [0.4, 0.5) is 0 Å². The molecule has 0 unspecified atom stereocenters. The van der Waals surface area contributed by atoms with Crippen molar-refractivity contribution in [1.82, 2.24) is 4.31 Å². The number of hydrogen-bond acceptors (Lipinski definition) is 8. The highest BCUT2D eigenvalue weighted by Gasteiger charge is 2.30. The third-order valence-corrected chi connectivity index (χ3v) is 6.30. The zero-order chi connectivity index (χ0) is 23.2. The smallest absolute Gasteiger partial charge is 0.337 e. The molecule has 0 aromatic heterocycles. The first-order valence-electron chi connectivity index (χ1n) is 9.07. The minimum Gasteiger partial charge on any atom is -0.468 e. The second-order valence-corrected chi connectivity index (χ2v) is 8.44. The van der Waals surface area contributed by atoms with Crippen molar-refractivity contribution < 1.29 is 37.0 Å². The fraction of sp³-hybridized carbons (Fsp3) is 0.286. The summed E-state index contributed by atoms with van der Waals surface area (Å²) in [5.74, 6) is -2.43. The van der Waals surface area contributed by atoms with E-state index in [1.54, 1.807) is 18.2 Å². The predicted octanol–water partition coefficient (Wildman–Crippen LogP) is 1.93. The van der Waals surface area contributed by atoms with Crippen LogP contribution in [0, 0.1) is 6.92 Å². The van der Waals surface area contributed by atoms with Crippen LogP contribution in [0.1, 0.15) is 31.8 Å². The second kappa shape index (κ2) is 10.2. The average Bonchev–Trinajstić information content (AvgIpc) is 2.78. The molecule has 166 valence electrons. The van der Waals surface area contributed by atoms with E-state index in [0.29, 0.717) is 5.56 Å². The predicted molar refractivity (Wildman–Crippen MR) is 110 cm³/mol. The van der Waals surface area contributed by atoms with Gasteiger partial charge in [0.15, 0.2) is 0 Å². The third-order valence-electron chi connectivity index (χ3n) is 4.53. The lowest BCUT2D eigenvalue weighted by atomic mass is 10.1. The molecule has 0 aliphatic heterocycles. The number of esters is 3. The Balaban J connectivity index is 2.62. The van der Waals surface area contributed by atoms with Crippen molar-refractivity contribution in [1.29, 1.82) is 0 Å². The summed E-state index contributed by atoms with van der Waals surface area (Å²) in [6, 6.07) is 10.4. The van der Waals surface area contributed by atoms with E-state index in [0.717, 1.165) is 43.3 Å². The Kier molecular flexibility index (Phi) is 7.89. The number of aryl methyl sites for hydroxylation is 1. The van der Waals surface area contributed by atoms with Gasteiger partial charge in [-0.3, -0.25) is 4.79 Å². The molecule has 10 heteroatoms. The molecule has 0 fully saturated rings. The Morgan fingerprint density at radius 2 is 1.42 bits per heavy atom. The summed E-state index contributed by atoms with van der Waals surface area (Å²) in [6.07, 6.45) is 0. The van der Waals surface area contributed by atoms with E-state index in [4.69, 9.17) is 0 Å². The van der Waals surface area contributed by atoms with Gasteiger partial charge >= 0.3 is 17.9 Å². The number of hydrogen-bond donors (Lipinski definition) is 0. The number of carbonyl (C=O) groups excluding carboxylic acids is 3. The van der Waals surface area contributed by atoms with Gasteiger partial charge in [0.1, 0.15) is 6.54 Å². The van der Waals surface area contributed by atoms with E-state index in [-0.39, 0.29) is 22.6 Å².